The summed E-state index contributed by atoms with van der Waals surface area (Å²) in [6.07, 6.45) is 3.68. The van der Waals surface area contributed by atoms with Crippen LogP contribution in [0.4, 0.5) is 0 Å². The minimum Gasteiger partial charge on any atom is -0.264 e. The van der Waals surface area contributed by atoms with E-state index in [-0.39, 0.29) is 0 Å². The molecule has 244 valence electrons. The number of aromatic nitrogens is 6. The van der Waals surface area contributed by atoms with Gasteiger partial charge in [0.25, 0.3) is 0 Å². The highest BCUT2D eigenvalue weighted by molar-refractivity contribution is 5.86. The van der Waals surface area contributed by atoms with Gasteiger partial charge in [0, 0.05) is 51.2 Å². The van der Waals surface area contributed by atoms with Crippen molar-refractivity contribution >= 4 is 10.8 Å². The lowest BCUT2D eigenvalue weighted by Gasteiger charge is -2.11. The third-order valence-electron chi connectivity index (χ3n) is 9.03. The monoisotopic (exact) mass is 666 g/mol. The fourth-order valence-corrected chi connectivity index (χ4v) is 6.31. The normalized spacial score (nSPS) is 11.1. The first kappa shape index (κ1) is 30.8. The summed E-state index contributed by atoms with van der Waals surface area (Å²) >= 11 is 0. The van der Waals surface area contributed by atoms with E-state index in [1.807, 2.05) is 97.3 Å². The van der Waals surface area contributed by atoms with Crippen LogP contribution in [-0.4, -0.2) is 29.9 Å². The minimum atomic E-state index is 0.624. The number of rotatable bonds is 7. The van der Waals surface area contributed by atoms with Crippen molar-refractivity contribution in [3.05, 3.63) is 182 Å². The molecule has 0 saturated carbocycles. The maximum absolute atomic E-state index is 5.11. The molecular weight excluding hydrogens is 637 g/mol. The van der Waals surface area contributed by atoms with Crippen LogP contribution in [-0.2, 0) is 0 Å². The zero-order valence-corrected chi connectivity index (χ0v) is 28.0. The van der Waals surface area contributed by atoms with Gasteiger partial charge < -0.3 is 0 Å². The number of hydrogen-bond donors (Lipinski definition) is 0. The Morgan fingerprint density at radius 2 is 0.750 bits per heavy atom. The standard InChI is InChI=1S/C46H30N6/c1-4-11-33(12-5-1)41-29-42(49-46(48-41)39-24-21-32-25-26-47-30-40(32)28-39)38-18-10-17-37(27-38)31-19-22-36(23-20-31)45-51-43(34-13-6-2-7-14-34)50-44(52-45)35-15-8-3-9-16-35/h1-30H. The molecule has 6 nitrogen and oxygen atoms in total. The molecule has 0 atom stereocenters. The first-order chi connectivity index (χ1) is 25.7. The number of benzene rings is 6. The van der Waals surface area contributed by atoms with Gasteiger partial charge in [0.15, 0.2) is 23.3 Å². The highest BCUT2D eigenvalue weighted by Gasteiger charge is 2.14. The molecule has 0 saturated heterocycles. The van der Waals surface area contributed by atoms with Gasteiger partial charge in [-0.3, -0.25) is 4.98 Å². The number of pyridine rings is 1. The molecule has 3 aromatic heterocycles. The maximum atomic E-state index is 5.11. The van der Waals surface area contributed by atoms with Gasteiger partial charge in [0.05, 0.1) is 11.4 Å². The predicted octanol–water partition coefficient (Wildman–Crippen LogP) is 10.9. The number of hydrogen-bond acceptors (Lipinski definition) is 6. The van der Waals surface area contributed by atoms with Gasteiger partial charge in [-0.05, 0) is 40.8 Å². The third-order valence-corrected chi connectivity index (χ3v) is 9.03. The van der Waals surface area contributed by atoms with Gasteiger partial charge in [-0.25, -0.2) is 24.9 Å². The van der Waals surface area contributed by atoms with Crippen molar-refractivity contribution in [3.8, 4) is 79.2 Å². The van der Waals surface area contributed by atoms with Crippen LogP contribution in [0, 0.1) is 0 Å². The van der Waals surface area contributed by atoms with Crippen molar-refractivity contribution in [2.45, 2.75) is 0 Å². The summed E-state index contributed by atoms with van der Waals surface area (Å²) < 4.78 is 0. The Bertz CT molecular complexity index is 2600. The molecule has 3 heterocycles. The van der Waals surface area contributed by atoms with Crippen LogP contribution in [0.3, 0.4) is 0 Å². The van der Waals surface area contributed by atoms with E-state index in [2.05, 4.69) is 89.9 Å². The highest BCUT2D eigenvalue weighted by atomic mass is 15.0. The summed E-state index contributed by atoms with van der Waals surface area (Å²) in [7, 11) is 0. The number of fused-ring (bicyclic) bond motifs is 1. The summed E-state index contributed by atoms with van der Waals surface area (Å²) in [6, 6.07) is 57.5. The molecule has 0 aliphatic heterocycles. The Morgan fingerprint density at radius 3 is 1.38 bits per heavy atom. The zero-order chi connectivity index (χ0) is 34.7. The van der Waals surface area contributed by atoms with E-state index in [0.29, 0.717) is 23.3 Å². The van der Waals surface area contributed by atoms with E-state index >= 15 is 0 Å². The third kappa shape index (κ3) is 6.32. The molecule has 0 bridgehead atoms. The van der Waals surface area contributed by atoms with E-state index in [1.54, 1.807) is 0 Å². The van der Waals surface area contributed by atoms with E-state index in [4.69, 9.17) is 24.9 Å². The minimum absolute atomic E-state index is 0.624. The first-order valence-corrected chi connectivity index (χ1v) is 17.1. The van der Waals surface area contributed by atoms with Crippen LogP contribution < -0.4 is 0 Å². The fourth-order valence-electron chi connectivity index (χ4n) is 6.31. The Labute approximate surface area is 301 Å². The van der Waals surface area contributed by atoms with Crippen molar-refractivity contribution in [2.75, 3.05) is 0 Å². The lowest BCUT2D eigenvalue weighted by molar-refractivity contribution is 1.07. The van der Waals surface area contributed by atoms with Crippen LogP contribution in [0.15, 0.2) is 182 Å². The van der Waals surface area contributed by atoms with Gasteiger partial charge in [0.2, 0.25) is 0 Å². The summed E-state index contributed by atoms with van der Waals surface area (Å²) in [4.78, 5) is 29.1. The molecular formula is C46H30N6. The van der Waals surface area contributed by atoms with Gasteiger partial charge >= 0.3 is 0 Å². The largest absolute Gasteiger partial charge is 0.264 e. The van der Waals surface area contributed by atoms with E-state index in [9.17, 15) is 0 Å². The summed E-state index contributed by atoms with van der Waals surface area (Å²) in [5.74, 6) is 2.57. The smallest absolute Gasteiger partial charge is 0.164 e. The maximum Gasteiger partial charge on any atom is 0.164 e. The highest BCUT2D eigenvalue weighted by Crippen LogP contribution is 2.32. The van der Waals surface area contributed by atoms with Gasteiger partial charge in [-0.2, -0.15) is 0 Å². The summed E-state index contributed by atoms with van der Waals surface area (Å²) in [5.41, 5.74) is 9.64. The summed E-state index contributed by atoms with van der Waals surface area (Å²) in [6.45, 7) is 0. The lowest BCUT2D eigenvalue weighted by atomic mass is 9.99. The van der Waals surface area contributed by atoms with Gasteiger partial charge in [0.1, 0.15) is 0 Å². The van der Waals surface area contributed by atoms with E-state index in [1.165, 1.54) is 0 Å². The van der Waals surface area contributed by atoms with Crippen molar-refractivity contribution in [2.24, 2.45) is 0 Å². The molecule has 0 aliphatic carbocycles. The predicted molar refractivity (Wildman–Crippen MR) is 209 cm³/mol. The molecule has 52 heavy (non-hydrogen) atoms. The SMILES string of the molecule is c1ccc(-c2cc(-c3cccc(-c4ccc(-c5nc(-c6ccccc6)nc(-c6ccccc6)n5)cc4)c3)nc(-c3ccc4ccncc4c3)n2)cc1. The Balaban J connectivity index is 1.08. The second kappa shape index (κ2) is 13.6. The lowest BCUT2D eigenvalue weighted by Crippen LogP contribution is -2.00. The van der Waals surface area contributed by atoms with E-state index in [0.717, 1.165) is 66.7 Å². The zero-order valence-electron chi connectivity index (χ0n) is 28.0. The van der Waals surface area contributed by atoms with E-state index < -0.39 is 0 Å². The van der Waals surface area contributed by atoms with Crippen molar-refractivity contribution in [3.63, 3.8) is 0 Å². The van der Waals surface area contributed by atoms with Crippen LogP contribution in [0.1, 0.15) is 0 Å². The number of nitrogens with zero attached hydrogens (tertiary/aromatic N) is 6. The van der Waals surface area contributed by atoms with Gasteiger partial charge in [-0.1, -0.05) is 146 Å². The quantitative estimate of drug-likeness (QED) is 0.168. The van der Waals surface area contributed by atoms with Gasteiger partial charge in [-0.15, -0.1) is 0 Å². The molecule has 6 heteroatoms. The average molecular weight is 667 g/mol. The van der Waals surface area contributed by atoms with Crippen LogP contribution in [0.5, 0.6) is 0 Å². The molecule has 0 spiro atoms. The van der Waals surface area contributed by atoms with Crippen LogP contribution in [0.25, 0.3) is 90.0 Å². The van der Waals surface area contributed by atoms with Crippen LogP contribution >= 0.6 is 0 Å². The Kier molecular flexibility index (Phi) is 8.08. The molecule has 0 fully saturated rings. The molecule has 6 aromatic carbocycles. The van der Waals surface area contributed by atoms with Crippen molar-refractivity contribution in [1.82, 2.24) is 29.9 Å². The first-order valence-electron chi connectivity index (χ1n) is 17.1. The molecule has 9 rings (SSSR count). The molecule has 0 unspecified atom stereocenters. The summed E-state index contributed by atoms with van der Waals surface area (Å²) in [5, 5.41) is 2.17. The van der Waals surface area contributed by atoms with Crippen molar-refractivity contribution < 1.29 is 0 Å². The Hall–Kier alpha value is -7.18. The Morgan fingerprint density at radius 1 is 0.269 bits per heavy atom. The van der Waals surface area contributed by atoms with Crippen LogP contribution in [0.2, 0.25) is 0 Å². The average Bonchev–Trinajstić information content (AvgIpc) is 3.24. The topological polar surface area (TPSA) is 77.3 Å². The molecule has 0 N–H and O–H groups in total. The molecule has 0 amide bonds. The second-order valence-electron chi connectivity index (χ2n) is 12.5. The molecule has 0 aliphatic rings. The fraction of sp³-hybridized carbons (Fsp3) is 0. The molecule has 9 aromatic rings. The van der Waals surface area contributed by atoms with Crippen molar-refractivity contribution in [1.29, 1.82) is 0 Å². The molecule has 0 radical (unpaired) electrons. The second-order valence-corrected chi connectivity index (χ2v) is 12.5.